The molecule has 0 heterocycles. The molecule has 3 atom stereocenters. The molecule has 0 aromatic heterocycles. The molecule has 3 unspecified atom stereocenters. The van der Waals surface area contributed by atoms with Crippen LogP contribution in [0.25, 0.3) is 0 Å². The van der Waals surface area contributed by atoms with Gasteiger partial charge in [0, 0.05) is 11.5 Å². The molecular weight excluding hydrogens is 302 g/mol. The summed E-state index contributed by atoms with van der Waals surface area (Å²) >= 11 is 0. The van der Waals surface area contributed by atoms with Crippen molar-refractivity contribution in [3.63, 3.8) is 0 Å². The van der Waals surface area contributed by atoms with Crippen molar-refractivity contribution < 1.29 is 14.3 Å². The van der Waals surface area contributed by atoms with Crippen LogP contribution < -0.4 is 0 Å². The normalized spacial score (nSPS) is 24.7. The molecule has 1 aliphatic carbocycles. The van der Waals surface area contributed by atoms with E-state index in [4.69, 9.17) is 4.74 Å². The first-order valence-electron chi connectivity index (χ1n) is 7.89. The van der Waals surface area contributed by atoms with Crippen LogP contribution in [-0.2, 0) is 9.53 Å². The minimum Gasteiger partial charge on any atom is -0.465 e. The first-order valence-corrected chi connectivity index (χ1v) is 7.89. The van der Waals surface area contributed by atoms with Crippen LogP contribution in [0, 0.1) is 22.7 Å². The highest BCUT2D eigenvalue weighted by Crippen LogP contribution is 2.66. The van der Waals surface area contributed by atoms with Crippen LogP contribution in [0.15, 0.2) is 60.7 Å². The highest BCUT2D eigenvalue weighted by molar-refractivity contribution is 6.07. The maximum absolute atomic E-state index is 12.9. The smallest absolute Gasteiger partial charge is 0.327 e. The number of carbonyl (C=O) groups is 2. The summed E-state index contributed by atoms with van der Waals surface area (Å²) in [5, 5.41) is 9.75. The van der Waals surface area contributed by atoms with Crippen molar-refractivity contribution in [1.29, 1.82) is 5.26 Å². The Morgan fingerprint density at radius 3 is 2.21 bits per heavy atom. The number of ether oxygens (including phenoxy) is 1. The lowest BCUT2D eigenvalue weighted by molar-refractivity contribution is -0.147. The van der Waals surface area contributed by atoms with Crippen molar-refractivity contribution in [2.45, 2.75) is 12.8 Å². The van der Waals surface area contributed by atoms with Crippen LogP contribution in [0.1, 0.15) is 28.8 Å². The summed E-state index contributed by atoms with van der Waals surface area (Å²) in [5.41, 5.74) is -0.129. The number of ketones is 1. The highest BCUT2D eigenvalue weighted by Gasteiger charge is 2.75. The second-order valence-electron chi connectivity index (χ2n) is 5.80. The van der Waals surface area contributed by atoms with E-state index >= 15 is 0 Å². The van der Waals surface area contributed by atoms with Gasteiger partial charge >= 0.3 is 5.97 Å². The van der Waals surface area contributed by atoms with Gasteiger partial charge in [0.15, 0.2) is 11.2 Å². The highest BCUT2D eigenvalue weighted by atomic mass is 16.5. The van der Waals surface area contributed by atoms with Gasteiger partial charge in [-0.3, -0.25) is 9.59 Å². The predicted molar refractivity (Wildman–Crippen MR) is 88.1 cm³/mol. The standard InChI is InChI=1S/C20H17NO3/c1-2-24-19(23)20(13-21)16(14-9-5-3-6-10-14)17(20)18(22)15-11-7-4-8-12-15/h3-12,16-17H,2H2,1H3. The number of carbonyl (C=O) groups excluding carboxylic acids is 2. The Labute approximate surface area is 140 Å². The van der Waals surface area contributed by atoms with Crippen molar-refractivity contribution in [3.05, 3.63) is 71.8 Å². The monoisotopic (exact) mass is 319 g/mol. The van der Waals surface area contributed by atoms with Crippen LogP contribution in [0.3, 0.4) is 0 Å². The van der Waals surface area contributed by atoms with Gasteiger partial charge in [-0.15, -0.1) is 0 Å². The Morgan fingerprint density at radius 2 is 1.67 bits per heavy atom. The number of nitrogens with zero attached hydrogens (tertiary/aromatic N) is 1. The molecule has 1 aliphatic rings. The molecule has 4 nitrogen and oxygen atoms in total. The predicted octanol–water partition coefficient (Wildman–Crippen LogP) is 3.36. The van der Waals surface area contributed by atoms with E-state index in [9.17, 15) is 14.9 Å². The molecule has 0 saturated heterocycles. The van der Waals surface area contributed by atoms with E-state index < -0.39 is 23.2 Å². The van der Waals surface area contributed by atoms with Crippen LogP contribution in [0.2, 0.25) is 0 Å². The molecule has 0 N–H and O–H groups in total. The lowest BCUT2D eigenvalue weighted by atomic mass is 9.99. The van der Waals surface area contributed by atoms with Crippen LogP contribution in [0.5, 0.6) is 0 Å². The van der Waals surface area contributed by atoms with Crippen molar-refractivity contribution in [1.82, 2.24) is 0 Å². The lowest BCUT2D eigenvalue weighted by Gasteiger charge is -2.08. The maximum atomic E-state index is 12.9. The molecule has 2 aromatic rings. The zero-order chi connectivity index (χ0) is 17.2. The molecule has 120 valence electrons. The fraction of sp³-hybridized carbons (Fsp3) is 0.250. The number of nitriles is 1. The number of esters is 1. The summed E-state index contributed by atoms with van der Waals surface area (Å²) in [6.45, 7) is 1.87. The molecule has 4 heteroatoms. The van der Waals surface area contributed by atoms with Gasteiger partial charge in [0.25, 0.3) is 0 Å². The maximum Gasteiger partial charge on any atom is 0.327 e. The number of Topliss-reactive ketones (excluding diaryl/α,β-unsaturated/α-hetero) is 1. The summed E-state index contributed by atoms with van der Waals surface area (Å²) in [7, 11) is 0. The fourth-order valence-electron chi connectivity index (χ4n) is 3.33. The van der Waals surface area contributed by atoms with E-state index in [2.05, 4.69) is 6.07 Å². The lowest BCUT2D eigenvalue weighted by Crippen LogP contribution is -2.23. The zero-order valence-corrected chi connectivity index (χ0v) is 13.3. The topological polar surface area (TPSA) is 67.2 Å². The first kappa shape index (κ1) is 15.9. The molecule has 24 heavy (non-hydrogen) atoms. The average molecular weight is 319 g/mol. The van der Waals surface area contributed by atoms with Crippen molar-refractivity contribution in [2.75, 3.05) is 6.61 Å². The summed E-state index contributed by atoms with van der Waals surface area (Å²) in [6.07, 6.45) is 0. The molecular formula is C20H17NO3. The SMILES string of the molecule is CCOC(=O)C1(C#N)C(C(=O)c2ccccc2)C1c1ccccc1. The van der Waals surface area contributed by atoms with Gasteiger partial charge in [0.1, 0.15) is 0 Å². The summed E-state index contributed by atoms with van der Waals surface area (Å²) < 4.78 is 5.11. The van der Waals surface area contributed by atoms with E-state index in [-0.39, 0.29) is 12.4 Å². The molecule has 1 fully saturated rings. The first-order chi connectivity index (χ1) is 11.7. The average Bonchev–Trinajstić information content (AvgIpc) is 3.33. The molecule has 0 bridgehead atoms. The third-order valence-electron chi connectivity index (χ3n) is 4.50. The van der Waals surface area contributed by atoms with Crippen molar-refractivity contribution >= 4 is 11.8 Å². The number of benzene rings is 2. The van der Waals surface area contributed by atoms with E-state index in [1.807, 2.05) is 36.4 Å². The minimum absolute atomic E-state index is 0.177. The molecule has 0 aliphatic heterocycles. The third-order valence-corrected chi connectivity index (χ3v) is 4.50. The Bertz CT molecular complexity index is 795. The Morgan fingerprint density at radius 1 is 1.08 bits per heavy atom. The number of hydrogen-bond acceptors (Lipinski definition) is 4. The second-order valence-corrected chi connectivity index (χ2v) is 5.80. The Balaban J connectivity index is 2.03. The summed E-state index contributed by atoms with van der Waals surface area (Å²) in [5.74, 6) is -2.00. The molecule has 0 spiro atoms. The van der Waals surface area contributed by atoms with Crippen molar-refractivity contribution in [2.24, 2.45) is 11.3 Å². The van der Waals surface area contributed by atoms with Gasteiger partial charge < -0.3 is 4.74 Å². The van der Waals surface area contributed by atoms with Gasteiger partial charge in [-0.25, -0.2) is 0 Å². The zero-order valence-electron chi connectivity index (χ0n) is 13.3. The third kappa shape index (κ3) is 2.39. The molecule has 1 saturated carbocycles. The number of rotatable bonds is 5. The van der Waals surface area contributed by atoms with E-state index in [0.29, 0.717) is 5.56 Å². The Hall–Kier alpha value is -2.93. The van der Waals surface area contributed by atoms with E-state index in [1.54, 1.807) is 31.2 Å². The Kier molecular flexibility index (Phi) is 4.18. The largest absolute Gasteiger partial charge is 0.465 e. The fourth-order valence-corrected chi connectivity index (χ4v) is 3.33. The molecule has 0 amide bonds. The van der Waals surface area contributed by atoms with Gasteiger partial charge in [-0.1, -0.05) is 60.7 Å². The number of hydrogen-bond donors (Lipinski definition) is 0. The second kappa shape index (κ2) is 6.29. The van der Waals surface area contributed by atoms with Gasteiger partial charge in [-0.2, -0.15) is 5.26 Å². The van der Waals surface area contributed by atoms with Gasteiger partial charge in [0.2, 0.25) is 0 Å². The molecule has 0 radical (unpaired) electrons. The van der Waals surface area contributed by atoms with E-state index in [1.165, 1.54) is 0 Å². The summed E-state index contributed by atoms with van der Waals surface area (Å²) in [6, 6.07) is 20.1. The van der Waals surface area contributed by atoms with Crippen molar-refractivity contribution in [3.8, 4) is 6.07 Å². The quantitative estimate of drug-likeness (QED) is 0.626. The molecule has 2 aromatic carbocycles. The van der Waals surface area contributed by atoms with Crippen LogP contribution in [-0.4, -0.2) is 18.4 Å². The van der Waals surface area contributed by atoms with Crippen LogP contribution >= 0.6 is 0 Å². The van der Waals surface area contributed by atoms with E-state index in [0.717, 1.165) is 5.56 Å². The summed E-state index contributed by atoms with van der Waals surface area (Å²) in [4.78, 5) is 25.4. The van der Waals surface area contributed by atoms with Crippen LogP contribution in [0.4, 0.5) is 0 Å². The van der Waals surface area contributed by atoms with Gasteiger partial charge in [0.05, 0.1) is 18.6 Å². The molecule has 3 rings (SSSR count). The minimum atomic E-state index is -1.44. The van der Waals surface area contributed by atoms with Gasteiger partial charge in [-0.05, 0) is 12.5 Å².